The third kappa shape index (κ3) is 15.8. The Hall–Kier alpha value is -4.50. The summed E-state index contributed by atoms with van der Waals surface area (Å²) in [7, 11) is 0. The van der Waals surface area contributed by atoms with E-state index < -0.39 is 23.3 Å². The number of piperidine rings is 4. The normalized spacial score (nSPS) is 22.7. The number of amides is 7. The Morgan fingerprint density at radius 2 is 1.07 bits per heavy atom. The molecule has 4 atom stereocenters. The van der Waals surface area contributed by atoms with Gasteiger partial charge < -0.3 is 50.4 Å². The van der Waals surface area contributed by atoms with E-state index in [9.17, 15) is 28.8 Å². The second kappa shape index (κ2) is 25.4. The van der Waals surface area contributed by atoms with Crippen LogP contribution in [0.5, 0.6) is 0 Å². The minimum absolute atomic E-state index is 0. The van der Waals surface area contributed by atoms with E-state index in [0.717, 1.165) is 49.9 Å². The second-order valence-electron chi connectivity index (χ2n) is 19.7. The molecule has 0 aliphatic carbocycles. The van der Waals surface area contributed by atoms with Crippen LogP contribution in [0.1, 0.15) is 104 Å². The fourth-order valence-corrected chi connectivity index (χ4v) is 8.67. The Balaban J connectivity index is 0.000000244. The first-order valence-electron chi connectivity index (χ1n) is 23.3. The molecule has 6 fully saturated rings. The Labute approximate surface area is 422 Å². The monoisotopic (exact) mass is 958 g/mol. The molecule has 2 aromatic carbocycles. The maximum Gasteiger partial charge on any atom is 1.00 e. The van der Waals surface area contributed by atoms with Gasteiger partial charge in [-0.25, -0.2) is 25.5 Å². The van der Waals surface area contributed by atoms with Gasteiger partial charge in [-0.3, -0.25) is 14.5 Å². The van der Waals surface area contributed by atoms with Crippen LogP contribution in [0.2, 0.25) is 0 Å². The number of urea groups is 2. The maximum atomic E-state index is 13.0. The summed E-state index contributed by atoms with van der Waals surface area (Å²) in [6.07, 6.45) is 7.28. The molecule has 6 saturated heterocycles. The molecule has 4 N–H and O–H groups in total. The van der Waals surface area contributed by atoms with Gasteiger partial charge >= 0.3 is 53.8 Å². The molecule has 0 aromatic heterocycles. The van der Waals surface area contributed by atoms with E-state index in [0.29, 0.717) is 65.1 Å². The summed E-state index contributed by atoms with van der Waals surface area (Å²) in [6.45, 7) is 15.4. The first-order valence-corrected chi connectivity index (χ1v) is 23.3. The SMILES string of the molecule is CC(C)(C)OC(=O)N1CCC(N)CC1.CC(C)(C)OC(=O)N1CCC(NC(=O)[C@@H]2CC[C@@H]3CN2C(=O)N3OCc2ccccc2)CC1.O=[C-][C@@H]1CC[C@@H]2CN1C(=O)N2OCc1ccccc1.[Na+].[OH-]. The number of hydrogen-bond donors (Lipinski definition) is 2. The number of benzene rings is 2. The number of hydrogen-bond acceptors (Lipinski definition) is 12. The van der Waals surface area contributed by atoms with Crippen LogP contribution in [0.3, 0.4) is 0 Å². The molecular formula is C48H70N8NaO11-. The largest absolute Gasteiger partial charge is 1.00 e. The fourth-order valence-electron chi connectivity index (χ4n) is 8.67. The average Bonchev–Trinajstić information content (AvgIpc) is 3.67. The molecule has 0 saturated carbocycles. The van der Waals surface area contributed by atoms with Crippen molar-refractivity contribution in [3.8, 4) is 0 Å². The molecule has 7 amide bonds. The smallest absolute Gasteiger partial charge is 0.870 e. The van der Waals surface area contributed by atoms with Crippen molar-refractivity contribution >= 4 is 36.4 Å². The van der Waals surface area contributed by atoms with Gasteiger partial charge in [-0.05, 0) is 97.6 Å². The molecule has 370 valence electrons. The van der Waals surface area contributed by atoms with Crippen LogP contribution in [0, 0.1) is 0 Å². The first-order chi connectivity index (χ1) is 31.4. The van der Waals surface area contributed by atoms with Crippen LogP contribution in [0.15, 0.2) is 60.7 Å². The number of nitrogens with two attached hydrogens (primary N) is 1. The summed E-state index contributed by atoms with van der Waals surface area (Å²) in [5.74, 6) is -0.123. The summed E-state index contributed by atoms with van der Waals surface area (Å²) in [5.41, 5.74) is 6.83. The Morgan fingerprint density at radius 3 is 1.53 bits per heavy atom. The average molecular weight is 958 g/mol. The van der Waals surface area contributed by atoms with Gasteiger partial charge in [0.2, 0.25) is 5.91 Å². The third-order valence-electron chi connectivity index (χ3n) is 12.2. The van der Waals surface area contributed by atoms with E-state index in [2.05, 4.69) is 5.32 Å². The molecule has 6 heterocycles. The van der Waals surface area contributed by atoms with Gasteiger partial charge in [-0.1, -0.05) is 73.1 Å². The van der Waals surface area contributed by atoms with Crippen molar-refractivity contribution in [2.24, 2.45) is 5.73 Å². The number of carbonyl (C=O) groups excluding carboxylic acids is 6. The number of likely N-dealkylation sites (tertiary alicyclic amines) is 2. The van der Waals surface area contributed by atoms with Crippen molar-refractivity contribution in [3.63, 3.8) is 0 Å². The summed E-state index contributed by atoms with van der Waals surface area (Å²) < 4.78 is 10.7. The zero-order valence-electron chi connectivity index (χ0n) is 40.8. The minimum Gasteiger partial charge on any atom is -0.870 e. The molecule has 0 spiro atoms. The van der Waals surface area contributed by atoms with Crippen molar-refractivity contribution in [1.29, 1.82) is 0 Å². The van der Waals surface area contributed by atoms with Gasteiger partial charge in [0.25, 0.3) is 0 Å². The summed E-state index contributed by atoms with van der Waals surface area (Å²) in [4.78, 5) is 90.7. The second-order valence-corrected chi connectivity index (χ2v) is 19.7. The number of ether oxygens (including phenoxy) is 2. The molecule has 8 rings (SSSR count). The first kappa shape index (κ1) is 56.1. The Bertz CT molecular complexity index is 1960. The molecular weight excluding hydrogens is 888 g/mol. The summed E-state index contributed by atoms with van der Waals surface area (Å²) >= 11 is 0. The summed E-state index contributed by atoms with van der Waals surface area (Å²) in [5, 5.41) is 5.97. The molecule has 19 nitrogen and oxygen atoms in total. The van der Waals surface area contributed by atoms with Gasteiger partial charge in [0.15, 0.2) is 0 Å². The van der Waals surface area contributed by atoms with Crippen LogP contribution in [-0.2, 0) is 42.0 Å². The van der Waals surface area contributed by atoms with Crippen molar-refractivity contribution < 1.29 is 82.9 Å². The van der Waals surface area contributed by atoms with Crippen molar-refractivity contribution in [2.75, 3.05) is 39.3 Å². The predicted octanol–water partition coefficient (Wildman–Crippen LogP) is 2.57. The third-order valence-corrected chi connectivity index (χ3v) is 12.2. The zero-order chi connectivity index (χ0) is 47.6. The Kier molecular flexibility index (Phi) is 20.9. The van der Waals surface area contributed by atoms with Crippen LogP contribution in [0.25, 0.3) is 0 Å². The molecule has 20 heteroatoms. The van der Waals surface area contributed by atoms with E-state index >= 15 is 0 Å². The van der Waals surface area contributed by atoms with Crippen molar-refractivity contribution in [3.05, 3.63) is 71.8 Å². The fraction of sp³-hybridized carbons (Fsp3) is 0.625. The van der Waals surface area contributed by atoms with E-state index in [1.54, 1.807) is 19.6 Å². The minimum atomic E-state index is -0.526. The molecule has 0 unspecified atom stereocenters. The molecule has 6 aliphatic rings. The number of fused-ring (bicyclic) bond motifs is 4. The van der Waals surface area contributed by atoms with Crippen molar-refractivity contribution in [2.45, 2.75) is 154 Å². The van der Waals surface area contributed by atoms with Crippen LogP contribution in [0.4, 0.5) is 19.2 Å². The van der Waals surface area contributed by atoms with Crippen LogP contribution >= 0.6 is 0 Å². The van der Waals surface area contributed by atoms with Crippen LogP contribution in [-0.4, -0.2) is 158 Å². The number of carbonyl (C=O) groups is 5. The van der Waals surface area contributed by atoms with Crippen LogP contribution < -0.4 is 40.6 Å². The number of nitrogens with zero attached hydrogens (tertiary/aromatic N) is 6. The van der Waals surface area contributed by atoms with Gasteiger partial charge in [0.1, 0.15) is 30.5 Å². The molecule has 4 bridgehead atoms. The molecule has 0 radical (unpaired) electrons. The number of rotatable bonds is 9. The van der Waals surface area contributed by atoms with Gasteiger partial charge in [0.05, 0.1) is 12.1 Å². The topological polar surface area (TPSA) is 227 Å². The maximum absolute atomic E-state index is 13.0. The van der Waals surface area contributed by atoms with E-state index in [1.807, 2.05) is 108 Å². The predicted molar refractivity (Wildman–Crippen MR) is 246 cm³/mol. The van der Waals surface area contributed by atoms with Crippen molar-refractivity contribution in [1.82, 2.24) is 35.0 Å². The molecule has 6 aliphatic heterocycles. The number of nitrogens with one attached hydrogen (secondary N) is 1. The molecule has 2 aromatic rings. The number of hydroxylamine groups is 4. The van der Waals surface area contributed by atoms with Gasteiger partial charge in [-0.15, -0.1) is 0 Å². The van der Waals surface area contributed by atoms with Gasteiger partial charge in [-0.2, -0.15) is 10.1 Å². The standard InChI is InChI=1S/C24H34N4O5.C14H15N2O3.C10H20N2O2.Na.H2O/c1-24(2,3)33-23(31)26-13-11-18(12-14-26)25-21(29)20-10-9-19-15-27(20)22(30)28(19)32-16-17-7-5-4-6-8-17;17-9-13-7-6-12-8-15(13)14(18)16(12)19-10-11-4-2-1-3-5-11;1-10(2,3)14-9(13)12-6-4-8(11)5-7-12;;/h4-8,18-20H,9-16H2,1-3H3,(H,25,29);1-5,12-13H,6-8,10H2;8H,4-7,11H2,1-3H3;;1H2/q;-1;;+1;/p-1/t19-,20+;12-,13+;;;/m11.../s1. The quantitative estimate of drug-likeness (QED) is 0.273. The molecule has 68 heavy (non-hydrogen) atoms. The zero-order valence-corrected chi connectivity index (χ0v) is 42.8. The van der Waals surface area contributed by atoms with Gasteiger partial charge in [0, 0.05) is 51.4 Å². The summed E-state index contributed by atoms with van der Waals surface area (Å²) in [6, 6.07) is 18.3. The van der Waals surface area contributed by atoms with E-state index in [-0.39, 0.29) is 89.4 Å². The Morgan fingerprint density at radius 1 is 0.647 bits per heavy atom. The van der Waals surface area contributed by atoms with E-state index in [4.69, 9.17) is 24.9 Å². The van der Waals surface area contributed by atoms with E-state index in [1.165, 1.54) is 10.1 Å².